The van der Waals surface area contributed by atoms with Gasteiger partial charge in [0, 0.05) is 30.3 Å². The van der Waals surface area contributed by atoms with Crippen LogP contribution in [-0.4, -0.2) is 30.8 Å². The first kappa shape index (κ1) is 22.1. The van der Waals surface area contributed by atoms with Gasteiger partial charge in [-0.2, -0.15) is 14.0 Å². The number of alkyl halides is 2. The van der Waals surface area contributed by atoms with Crippen LogP contribution in [0.3, 0.4) is 0 Å². The number of aryl methyl sites for hydroxylation is 1. The van der Waals surface area contributed by atoms with Crippen molar-refractivity contribution < 1.29 is 23.0 Å². The molecule has 1 heterocycles. The lowest BCUT2D eigenvalue weighted by atomic mass is 10.1. The Kier molecular flexibility index (Phi) is 7.51. The van der Waals surface area contributed by atoms with E-state index in [0.29, 0.717) is 6.61 Å². The average Bonchev–Trinajstić information content (AvgIpc) is 2.92. The highest BCUT2D eigenvalue weighted by molar-refractivity contribution is 6.09. The first-order chi connectivity index (χ1) is 13.8. The molecule has 0 saturated heterocycles. The van der Waals surface area contributed by atoms with Crippen LogP contribution >= 0.6 is 0 Å². The number of carbonyl (C=O) groups excluding carboxylic acids is 1. The molecule has 6 nitrogen and oxygen atoms in total. The molecule has 8 heteroatoms. The number of halogens is 2. The number of methoxy groups -OCH3 is 1. The van der Waals surface area contributed by atoms with Gasteiger partial charge in [-0.15, -0.1) is 0 Å². The maximum Gasteiger partial charge on any atom is 0.387 e. The van der Waals surface area contributed by atoms with Gasteiger partial charge >= 0.3 is 6.61 Å². The molecule has 1 N–H and O–H groups in total. The molecule has 1 aromatic carbocycles. The molecule has 0 aliphatic rings. The number of hydrogen-bond acceptors (Lipinski definition) is 4. The van der Waals surface area contributed by atoms with E-state index in [1.807, 2.05) is 32.9 Å². The summed E-state index contributed by atoms with van der Waals surface area (Å²) in [6, 6.07) is 9.47. The molecule has 154 valence electrons. The van der Waals surface area contributed by atoms with Crippen LogP contribution in [0.25, 0.3) is 6.08 Å². The minimum atomic E-state index is -2.97. The van der Waals surface area contributed by atoms with E-state index in [-0.39, 0.29) is 23.1 Å². The van der Waals surface area contributed by atoms with Crippen LogP contribution in [-0.2, 0) is 9.53 Å². The van der Waals surface area contributed by atoms with Crippen LogP contribution in [0.5, 0.6) is 5.75 Å². The van der Waals surface area contributed by atoms with Crippen LogP contribution in [0.15, 0.2) is 35.9 Å². The number of amides is 1. The van der Waals surface area contributed by atoms with E-state index in [9.17, 15) is 18.8 Å². The van der Waals surface area contributed by atoms with Gasteiger partial charge in [0.1, 0.15) is 17.4 Å². The van der Waals surface area contributed by atoms with Gasteiger partial charge in [0.25, 0.3) is 5.91 Å². The summed E-state index contributed by atoms with van der Waals surface area (Å²) >= 11 is 0. The summed E-state index contributed by atoms with van der Waals surface area (Å²) in [6.45, 7) is 3.43. The molecule has 2 rings (SSSR count). The van der Waals surface area contributed by atoms with Gasteiger partial charge in [-0.3, -0.25) is 4.79 Å². The van der Waals surface area contributed by atoms with Gasteiger partial charge in [-0.05, 0) is 50.6 Å². The molecule has 1 aromatic heterocycles. The highest BCUT2D eigenvalue weighted by Gasteiger charge is 2.16. The number of anilines is 1. The van der Waals surface area contributed by atoms with Crippen molar-refractivity contribution in [3.63, 3.8) is 0 Å². The number of nitrogens with one attached hydrogen (secondary N) is 1. The average molecular weight is 403 g/mol. The molecule has 0 aliphatic heterocycles. The van der Waals surface area contributed by atoms with E-state index in [0.717, 1.165) is 17.0 Å². The minimum Gasteiger partial charge on any atom is -0.435 e. The van der Waals surface area contributed by atoms with Gasteiger partial charge < -0.3 is 19.4 Å². The summed E-state index contributed by atoms with van der Waals surface area (Å²) in [5.74, 6) is -0.729. The Morgan fingerprint density at radius 2 is 2.07 bits per heavy atom. The highest BCUT2D eigenvalue weighted by Crippen LogP contribution is 2.24. The van der Waals surface area contributed by atoms with E-state index in [4.69, 9.17) is 4.74 Å². The van der Waals surface area contributed by atoms with E-state index in [2.05, 4.69) is 14.6 Å². The minimum absolute atomic E-state index is 0.0871. The van der Waals surface area contributed by atoms with Crippen LogP contribution in [0.4, 0.5) is 14.5 Å². The molecule has 0 saturated carbocycles. The number of carbonyl (C=O) groups is 1. The first-order valence-electron chi connectivity index (χ1n) is 8.92. The number of nitriles is 1. The molecule has 0 bridgehead atoms. The summed E-state index contributed by atoms with van der Waals surface area (Å²) in [6.07, 6.45) is 1.51. The van der Waals surface area contributed by atoms with Crippen LogP contribution < -0.4 is 10.1 Å². The molecule has 1 amide bonds. The third-order valence-corrected chi connectivity index (χ3v) is 4.35. The summed E-state index contributed by atoms with van der Waals surface area (Å²) in [5.41, 5.74) is 2.76. The second-order valence-corrected chi connectivity index (χ2v) is 6.53. The lowest BCUT2D eigenvalue weighted by Crippen LogP contribution is -2.14. The Morgan fingerprint density at radius 3 is 2.69 bits per heavy atom. The zero-order valence-electron chi connectivity index (χ0n) is 16.7. The van der Waals surface area contributed by atoms with E-state index >= 15 is 0 Å². The van der Waals surface area contributed by atoms with Crippen molar-refractivity contribution in [3.8, 4) is 11.8 Å². The normalized spacial score (nSPS) is 12.6. The Morgan fingerprint density at radius 1 is 1.34 bits per heavy atom. The van der Waals surface area contributed by atoms with Crippen molar-refractivity contribution in [1.29, 1.82) is 5.26 Å². The fourth-order valence-electron chi connectivity index (χ4n) is 3.20. The summed E-state index contributed by atoms with van der Waals surface area (Å²) in [7, 11) is 1.63. The van der Waals surface area contributed by atoms with Gasteiger partial charge in [0.05, 0.1) is 12.6 Å². The molecular weight excluding hydrogens is 380 g/mol. The highest BCUT2D eigenvalue weighted by atomic mass is 19.3. The molecule has 2 aromatic rings. The summed E-state index contributed by atoms with van der Waals surface area (Å²) < 4.78 is 36.3. The summed E-state index contributed by atoms with van der Waals surface area (Å²) in [4.78, 5) is 12.5. The van der Waals surface area contributed by atoms with E-state index < -0.39 is 12.5 Å². The van der Waals surface area contributed by atoms with Crippen molar-refractivity contribution >= 4 is 17.7 Å². The fourth-order valence-corrected chi connectivity index (χ4v) is 3.20. The van der Waals surface area contributed by atoms with Gasteiger partial charge in [0.2, 0.25) is 0 Å². The Balaban J connectivity index is 2.25. The molecule has 1 unspecified atom stereocenters. The van der Waals surface area contributed by atoms with Gasteiger partial charge in [-0.25, -0.2) is 0 Å². The van der Waals surface area contributed by atoms with Gasteiger partial charge in [-0.1, -0.05) is 6.07 Å². The lowest BCUT2D eigenvalue weighted by Gasteiger charge is -2.17. The van der Waals surface area contributed by atoms with Crippen molar-refractivity contribution in [2.75, 3.05) is 19.0 Å². The van der Waals surface area contributed by atoms with Crippen molar-refractivity contribution in [3.05, 3.63) is 52.9 Å². The Labute approximate surface area is 168 Å². The second-order valence-electron chi connectivity index (χ2n) is 6.53. The maximum absolute atomic E-state index is 12.5. The zero-order valence-corrected chi connectivity index (χ0v) is 16.7. The number of aromatic nitrogens is 1. The molecule has 1 atom stereocenters. The topological polar surface area (TPSA) is 76.3 Å². The van der Waals surface area contributed by atoms with E-state index in [1.165, 1.54) is 30.3 Å². The van der Waals surface area contributed by atoms with Crippen LogP contribution in [0.2, 0.25) is 0 Å². The SMILES string of the molecule is COCC(C)n1c(C)cc(/C=C(/C#N)C(=O)Nc2cccc(OC(F)F)c2)c1C. The number of hydrogen-bond donors (Lipinski definition) is 1. The van der Waals surface area contributed by atoms with E-state index in [1.54, 1.807) is 7.11 Å². The van der Waals surface area contributed by atoms with Crippen molar-refractivity contribution in [2.24, 2.45) is 0 Å². The predicted octanol–water partition coefficient (Wildman–Crippen LogP) is 4.46. The third kappa shape index (κ3) is 5.65. The summed E-state index contributed by atoms with van der Waals surface area (Å²) in [5, 5.41) is 12.0. The van der Waals surface area contributed by atoms with Crippen molar-refractivity contribution in [2.45, 2.75) is 33.4 Å². The molecule has 0 fully saturated rings. The van der Waals surface area contributed by atoms with Crippen molar-refractivity contribution in [1.82, 2.24) is 4.57 Å². The largest absolute Gasteiger partial charge is 0.435 e. The number of ether oxygens (including phenoxy) is 2. The standard InChI is InChI=1S/C21H23F2N3O3/c1-13-8-16(15(3)26(13)14(2)12-28-4)9-17(11-24)20(27)25-18-6-5-7-19(10-18)29-21(22)23/h5-10,14,21H,12H2,1-4H3,(H,25,27)/b17-9-. The lowest BCUT2D eigenvalue weighted by molar-refractivity contribution is -0.112. The quantitative estimate of drug-likeness (QED) is 0.522. The van der Waals surface area contributed by atoms with Crippen LogP contribution in [0, 0.1) is 25.2 Å². The fraction of sp³-hybridized carbons (Fsp3) is 0.333. The third-order valence-electron chi connectivity index (χ3n) is 4.35. The monoisotopic (exact) mass is 403 g/mol. The number of nitrogens with zero attached hydrogens (tertiary/aromatic N) is 2. The number of benzene rings is 1. The number of rotatable bonds is 8. The molecular formula is C21H23F2N3O3. The Hall–Kier alpha value is -3.18. The zero-order chi connectivity index (χ0) is 21.6. The van der Waals surface area contributed by atoms with Gasteiger partial charge in [0.15, 0.2) is 0 Å². The first-order valence-corrected chi connectivity index (χ1v) is 8.92. The second kappa shape index (κ2) is 9.85. The molecule has 0 radical (unpaired) electrons. The predicted molar refractivity (Wildman–Crippen MR) is 106 cm³/mol. The Bertz CT molecular complexity index is 945. The molecule has 29 heavy (non-hydrogen) atoms. The molecule has 0 aliphatic carbocycles. The maximum atomic E-state index is 12.5. The smallest absolute Gasteiger partial charge is 0.387 e. The van der Waals surface area contributed by atoms with Crippen LogP contribution in [0.1, 0.15) is 29.9 Å². The molecule has 0 spiro atoms.